The molecule has 2 amide bonds. The lowest BCUT2D eigenvalue weighted by molar-refractivity contribution is -0.135. The van der Waals surface area contributed by atoms with Gasteiger partial charge in [-0.15, -0.1) is 0 Å². The smallest absolute Gasteiger partial charge is 0.256 e. The predicted molar refractivity (Wildman–Crippen MR) is 113 cm³/mol. The van der Waals surface area contributed by atoms with Crippen LogP contribution in [-0.4, -0.2) is 62.7 Å². The summed E-state index contributed by atoms with van der Waals surface area (Å²) in [5.74, 6) is 0.351. The predicted octanol–water partition coefficient (Wildman–Crippen LogP) is 2.97. The van der Waals surface area contributed by atoms with Crippen LogP contribution in [0.2, 0.25) is 0 Å². The molecule has 2 saturated heterocycles. The molecule has 5 rings (SSSR count). The standard InChI is InChI=1S/C23H24FN5O2/c24-18-4-2-1-3-17(18)23(31)28-10-6-15(7-11-28)22(30)29-12-8-16(14-29)21-26-19-5-9-25-13-20(19)27-21/h1-5,9,13,15-16H,6-8,10-12,14H2,(H,26,27). The van der Waals surface area contributed by atoms with E-state index < -0.39 is 5.82 Å². The minimum atomic E-state index is -0.504. The number of likely N-dealkylation sites (tertiary alicyclic amines) is 2. The van der Waals surface area contributed by atoms with Gasteiger partial charge in [-0.1, -0.05) is 12.1 Å². The quantitative estimate of drug-likeness (QED) is 0.705. The number of aromatic amines is 1. The number of halogens is 1. The van der Waals surface area contributed by atoms with Gasteiger partial charge >= 0.3 is 0 Å². The largest absolute Gasteiger partial charge is 0.342 e. The second-order valence-corrected chi connectivity index (χ2v) is 8.33. The third kappa shape index (κ3) is 3.78. The zero-order chi connectivity index (χ0) is 21.4. The van der Waals surface area contributed by atoms with Gasteiger partial charge in [0.05, 0.1) is 22.8 Å². The zero-order valence-electron chi connectivity index (χ0n) is 17.1. The van der Waals surface area contributed by atoms with Gasteiger partial charge in [0, 0.05) is 44.2 Å². The average Bonchev–Trinajstić information content (AvgIpc) is 3.46. The van der Waals surface area contributed by atoms with E-state index in [1.54, 1.807) is 29.4 Å². The molecule has 8 heteroatoms. The number of hydrogen-bond donors (Lipinski definition) is 1. The van der Waals surface area contributed by atoms with Crippen LogP contribution in [0.3, 0.4) is 0 Å². The number of benzene rings is 1. The molecule has 1 unspecified atom stereocenters. The van der Waals surface area contributed by atoms with Crippen LogP contribution in [0.15, 0.2) is 42.7 Å². The number of fused-ring (bicyclic) bond motifs is 1. The van der Waals surface area contributed by atoms with E-state index in [1.807, 2.05) is 11.0 Å². The first-order valence-electron chi connectivity index (χ1n) is 10.7. The number of carbonyl (C=O) groups excluding carboxylic acids is 2. The fourth-order valence-electron chi connectivity index (χ4n) is 4.65. The van der Waals surface area contributed by atoms with E-state index in [4.69, 9.17) is 0 Å². The van der Waals surface area contributed by atoms with Crippen molar-refractivity contribution in [2.45, 2.75) is 25.2 Å². The minimum absolute atomic E-state index is 0.0932. The Morgan fingerprint density at radius 2 is 1.81 bits per heavy atom. The van der Waals surface area contributed by atoms with E-state index in [1.165, 1.54) is 12.1 Å². The van der Waals surface area contributed by atoms with Gasteiger partial charge in [0.15, 0.2) is 0 Å². The normalized spacial score (nSPS) is 19.8. The number of carbonyl (C=O) groups is 2. The molecule has 3 aromatic rings. The van der Waals surface area contributed by atoms with Gasteiger partial charge in [-0.05, 0) is 37.5 Å². The number of H-pyrrole nitrogens is 1. The molecule has 2 aliphatic heterocycles. The van der Waals surface area contributed by atoms with E-state index in [-0.39, 0.29) is 29.2 Å². The summed E-state index contributed by atoms with van der Waals surface area (Å²) in [5.41, 5.74) is 1.89. The second kappa shape index (κ2) is 8.09. The van der Waals surface area contributed by atoms with Crippen LogP contribution in [0.25, 0.3) is 11.0 Å². The molecule has 2 aromatic heterocycles. The Morgan fingerprint density at radius 3 is 2.58 bits per heavy atom. The van der Waals surface area contributed by atoms with Crippen LogP contribution < -0.4 is 0 Å². The van der Waals surface area contributed by atoms with Gasteiger partial charge in [0.2, 0.25) is 5.91 Å². The van der Waals surface area contributed by atoms with E-state index in [0.717, 1.165) is 23.3 Å². The third-order valence-electron chi connectivity index (χ3n) is 6.42. The highest BCUT2D eigenvalue weighted by atomic mass is 19.1. The zero-order valence-corrected chi connectivity index (χ0v) is 17.1. The first-order chi connectivity index (χ1) is 15.1. The molecular weight excluding hydrogens is 397 g/mol. The number of pyridine rings is 1. The fraction of sp³-hybridized carbons (Fsp3) is 0.391. The van der Waals surface area contributed by atoms with Gasteiger partial charge in [0.1, 0.15) is 11.6 Å². The highest BCUT2D eigenvalue weighted by Crippen LogP contribution is 2.30. The summed E-state index contributed by atoms with van der Waals surface area (Å²) >= 11 is 0. The maximum absolute atomic E-state index is 13.9. The van der Waals surface area contributed by atoms with Crippen LogP contribution in [-0.2, 0) is 4.79 Å². The number of aromatic nitrogens is 3. The molecule has 4 heterocycles. The number of hydrogen-bond acceptors (Lipinski definition) is 4. The maximum atomic E-state index is 13.9. The Balaban J connectivity index is 1.18. The van der Waals surface area contributed by atoms with Crippen molar-refractivity contribution in [3.05, 3.63) is 59.9 Å². The number of nitrogens with zero attached hydrogens (tertiary/aromatic N) is 4. The first kappa shape index (κ1) is 19.7. The van der Waals surface area contributed by atoms with Gasteiger partial charge in [-0.25, -0.2) is 9.37 Å². The Hall–Kier alpha value is -3.29. The maximum Gasteiger partial charge on any atom is 0.256 e. The Labute approximate surface area is 179 Å². The molecule has 31 heavy (non-hydrogen) atoms. The summed E-state index contributed by atoms with van der Waals surface area (Å²) in [6, 6.07) is 7.92. The highest BCUT2D eigenvalue weighted by Gasteiger charge is 2.35. The summed E-state index contributed by atoms with van der Waals surface area (Å²) < 4.78 is 13.9. The van der Waals surface area contributed by atoms with Crippen molar-refractivity contribution in [1.29, 1.82) is 0 Å². The van der Waals surface area contributed by atoms with Crippen molar-refractivity contribution in [2.75, 3.05) is 26.2 Å². The molecule has 0 aliphatic carbocycles. The monoisotopic (exact) mass is 421 g/mol. The Bertz CT molecular complexity index is 1090. The molecule has 1 N–H and O–H groups in total. The molecule has 1 atom stereocenters. The molecule has 2 aliphatic rings. The van der Waals surface area contributed by atoms with Gasteiger partial charge in [-0.3, -0.25) is 14.6 Å². The molecule has 1 aromatic carbocycles. The highest BCUT2D eigenvalue weighted by molar-refractivity contribution is 5.94. The minimum Gasteiger partial charge on any atom is -0.342 e. The molecule has 0 spiro atoms. The molecule has 0 radical (unpaired) electrons. The molecule has 7 nitrogen and oxygen atoms in total. The van der Waals surface area contributed by atoms with Gasteiger partial charge in [0.25, 0.3) is 5.91 Å². The van der Waals surface area contributed by atoms with Crippen LogP contribution >= 0.6 is 0 Å². The van der Waals surface area contributed by atoms with Crippen LogP contribution in [0, 0.1) is 11.7 Å². The van der Waals surface area contributed by atoms with Crippen molar-refractivity contribution in [3.63, 3.8) is 0 Å². The molecule has 2 fully saturated rings. The van der Waals surface area contributed by atoms with Crippen molar-refractivity contribution >= 4 is 22.8 Å². The number of nitrogens with one attached hydrogen (secondary N) is 1. The van der Waals surface area contributed by atoms with E-state index in [0.29, 0.717) is 39.0 Å². The molecule has 0 bridgehead atoms. The number of rotatable bonds is 3. The molecule has 160 valence electrons. The lowest BCUT2D eigenvalue weighted by Gasteiger charge is -2.33. The van der Waals surface area contributed by atoms with Crippen LogP contribution in [0.5, 0.6) is 0 Å². The fourth-order valence-corrected chi connectivity index (χ4v) is 4.65. The number of amides is 2. The molecular formula is C23H24FN5O2. The summed E-state index contributed by atoms with van der Waals surface area (Å²) in [4.78, 5) is 41.4. The lowest BCUT2D eigenvalue weighted by atomic mass is 9.94. The van der Waals surface area contributed by atoms with E-state index >= 15 is 0 Å². The first-order valence-corrected chi connectivity index (χ1v) is 10.7. The SMILES string of the molecule is O=C(c1ccccc1F)N1CCC(C(=O)N2CCC(c3nc4ccncc4[nH]3)C2)CC1. The van der Waals surface area contributed by atoms with Crippen molar-refractivity contribution in [1.82, 2.24) is 24.8 Å². The molecule has 0 saturated carbocycles. The Morgan fingerprint density at radius 1 is 1.03 bits per heavy atom. The summed E-state index contributed by atoms with van der Waals surface area (Å²) in [5, 5.41) is 0. The van der Waals surface area contributed by atoms with Gasteiger partial charge < -0.3 is 14.8 Å². The van der Waals surface area contributed by atoms with Gasteiger partial charge in [-0.2, -0.15) is 0 Å². The summed E-state index contributed by atoms with van der Waals surface area (Å²) in [6.45, 7) is 2.31. The third-order valence-corrected chi connectivity index (χ3v) is 6.42. The number of imidazole rings is 1. The summed E-state index contributed by atoms with van der Waals surface area (Å²) in [7, 11) is 0. The lowest BCUT2D eigenvalue weighted by Crippen LogP contribution is -2.44. The topological polar surface area (TPSA) is 82.2 Å². The summed E-state index contributed by atoms with van der Waals surface area (Å²) in [6.07, 6.45) is 5.58. The Kier molecular flexibility index (Phi) is 5.13. The van der Waals surface area contributed by atoms with E-state index in [9.17, 15) is 14.0 Å². The van der Waals surface area contributed by atoms with Crippen molar-refractivity contribution in [2.24, 2.45) is 5.92 Å². The van der Waals surface area contributed by atoms with Crippen LogP contribution in [0.4, 0.5) is 4.39 Å². The second-order valence-electron chi connectivity index (χ2n) is 8.33. The van der Waals surface area contributed by atoms with Crippen molar-refractivity contribution < 1.29 is 14.0 Å². The van der Waals surface area contributed by atoms with Crippen LogP contribution in [0.1, 0.15) is 41.4 Å². The number of piperidine rings is 1. The average molecular weight is 421 g/mol. The van der Waals surface area contributed by atoms with E-state index in [2.05, 4.69) is 15.0 Å². The van der Waals surface area contributed by atoms with Crippen molar-refractivity contribution in [3.8, 4) is 0 Å².